The number of benzene rings is 1. The van der Waals surface area contributed by atoms with Crippen LogP contribution in [0.15, 0.2) is 29.2 Å². The maximum atomic E-state index is 11.4. The molecular formula is C14H18O2S. The summed E-state index contributed by atoms with van der Waals surface area (Å²) in [7, 11) is 0. The van der Waals surface area contributed by atoms with Crippen molar-refractivity contribution in [2.24, 2.45) is 5.92 Å². The van der Waals surface area contributed by atoms with Crippen molar-refractivity contribution < 1.29 is 9.90 Å². The van der Waals surface area contributed by atoms with E-state index in [1.54, 1.807) is 0 Å². The number of hydrogen-bond donors (Lipinski definition) is 1. The molecule has 1 saturated carbocycles. The van der Waals surface area contributed by atoms with E-state index < -0.39 is 5.97 Å². The summed E-state index contributed by atoms with van der Waals surface area (Å²) in [6.45, 7) is 2.04. The molecule has 0 radical (unpaired) electrons. The van der Waals surface area contributed by atoms with E-state index in [9.17, 15) is 9.90 Å². The molecule has 1 atom stereocenters. The van der Waals surface area contributed by atoms with E-state index in [2.05, 4.69) is 6.07 Å². The van der Waals surface area contributed by atoms with Crippen molar-refractivity contribution in [1.29, 1.82) is 0 Å². The average Bonchev–Trinajstić information content (AvgIpc) is 2.78. The van der Waals surface area contributed by atoms with Crippen LogP contribution in [-0.4, -0.2) is 16.3 Å². The number of aliphatic carboxylic acids is 1. The van der Waals surface area contributed by atoms with Gasteiger partial charge in [-0.2, -0.15) is 0 Å². The normalized spacial score (nSPS) is 18.2. The zero-order valence-electron chi connectivity index (χ0n) is 10.1. The van der Waals surface area contributed by atoms with Gasteiger partial charge in [0, 0.05) is 4.90 Å². The molecule has 2 nitrogen and oxygen atoms in total. The molecule has 1 aliphatic carbocycles. The lowest BCUT2D eigenvalue weighted by molar-refractivity contribution is -0.137. The number of hydrogen-bond acceptors (Lipinski definition) is 2. The van der Waals surface area contributed by atoms with Crippen LogP contribution >= 0.6 is 11.8 Å². The Morgan fingerprint density at radius 3 is 2.71 bits per heavy atom. The summed E-state index contributed by atoms with van der Waals surface area (Å²) >= 11 is 1.51. The SMILES string of the molecule is Cc1cccc(SC(C(=O)O)C2CCCC2)c1. The fourth-order valence-corrected chi connectivity index (χ4v) is 3.71. The van der Waals surface area contributed by atoms with Crippen LogP contribution in [0.3, 0.4) is 0 Å². The number of rotatable bonds is 4. The van der Waals surface area contributed by atoms with Gasteiger partial charge >= 0.3 is 5.97 Å². The first-order chi connectivity index (χ1) is 8.16. The maximum absolute atomic E-state index is 11.4. The van der Waals surface area contributed by atoms with Crippen LogP contribution in [0.1, 0.15) is 31.2 Å². The molecule has 17 heavy (non-hydrogen) atoms. The Balaban J connectivity index is 2.09. The Morgan fingerprint density at radius 2 is 2.12 bits per heavy atom. The lowest BCUT2D eigenvalue weighted by atomic mass is 10.0. The third kappa shape index (κ3) is 3.25. The van der Waals surface area contributed by atoms with E-state index in [-0.39, 0.29) is 5.25 Å². The largest absolute Gasteiger partial charge is 0.480 e. The molecule has 2 rings (SSSR count). The lowest BCUT2D eigenvalue weighted by Crippen LogP contribution is -2.24. The van der Waals surface area contributed by atoms with Crippen LogP contribution in [0.25, 0.3) is 0 Å². The molecule has 0 aliphatic heterocycles. The minimum absolute atomic E-state index is 0.278. The van der Waals surface area contributed by atoms with Crippen LogP contribution < -0.4 is 0 Å². The molecule has 0 bridgehead atoms. The standard InChI is InChI=1S/C14H18O2S/c1-10-5-4-8-12(9-10)17-13(14(15)16)11-6-2-3-7-11/h4-5,8-9,11,13H,2-3,6-7H2,1H3,(H,15,16). The Morgan fingerprint density at radius 1 is 1.41 bits per heavy atom. The zero-order chi connectivity index (χ0) is 12.3. The summed E-state index contributed by atoms with van der Waals surface area (Å²) < 4.78 is 0. The smallest absolute Gasteiger partial charge is 0.317 e. The Kier molecular flexibility index (Phi) is 4.11. The van der Waals surface area contributed by atoms with E-state index in [4.69, 9.17) is 0 Å². The van der Waals surface area contributed by atoms with Crippen molar-refractivity contribution in [3.8, 4) is 0 Å². The van der Waals surface area contributed by atoms with Gasteiger partial charge in [-0.15, -0.1) is 11.8 Å². The lowest BCUT2D eigenvalue weighted by Gasteiger charge is -2.18. The van der Waals surface area contributed by atoms with Crippen molar-refractivity contribution in [3.05, 3.63) is 29.8 Å². The Labute approximate surface area is 106 Å². The molecule has 1 N–H and O–H groups in total. The van der Waals surface area contributed by atoms with Crippen LogP contribution in [0.2, 0.25) is 0 Å². The first-order valence-corrected chi connectivity index (χ1v) is 7.01. The van der Waals surface area contributed by atoms with Crippen LogP contribution in [0, 0.1) is 12.8 Å². The predicted molar refractivity (Wildman–Crippen MR) is 70.4 cm³/mol. The predicted octanol–water partition coefficient (Wildman–Crippen LogP) is 3.73. The monoisotopic (exact) mass is 250 g/mol. The van der Waals surface area contributed by atoms with Crippen LogP contribution in [-0.2, 0) is 4.79 Å². The molecule has 0 heterocycles. The summed E-state index contributed by atoms with van der Waals surface area (Å²) in [6.07, 6.45) is 4.50. The molecule has 0 aromatic heterocycles. The van der Waals surface area contributed by atoms with E-state index in [1.807, 2.05) is 25.1 Å². The third-order valence-corrected chi connectivity index (χ3v) is 4.69. The fraction of sp³-hybridized carbons (Fsp3) is 0.500. The van der Waals surface area contributed by atoms with E-state index in [1.165, 1.54) is 30.2 Å². The second-order valence-corrected chi connectivity index (χ2v) is 5.95. The van der Waals surface area contributed by atoms with E-state index >= 15 is 0 Å². The summed E-state index contributed by atoms with van der Waals surface area (Å²) in [6, 6.07) is 8.10. The summed E-state index contributed by atoms with van der Waals surface area (Å²) in [5.41, 5.74) is 1.19. The minimum Gasteiger partial charge on any atom is -0.480 e. The summed E-state index contributed by atoms with van der Waals surface area (Å²) in [5, 5.41) is 9.07. The highest BCUT2D eigenvalue weighted by molar-refractivity contribution is 8.00. The molecule has 1 unspecified atom stereocenters. The van der Waals surface area contributed by atoms with Gasteiger partial charge in [-0.25, -0.2) is 0 Å². The van der Waals surface area contributed by atoms with Gasteiger partial charge in [0.05, 0.1) is 0 Å². The highest BCUT2D eigenvalue weighted by atomic mass is 32.2. The van der Waals surface area contributed by atoms with Crippen LogP contribution in [0.4, 0.5) is 0 Å². The van der Waals surface area contributed by atoms with Crippen molar-refractivity contribution in [1.82, 2.24) is 0 Å². The summed E-state index contributed by atoms with van der Waals surface area (Å²) in [5.74, 6) is -0.318. The molecule has 3 heteroatoms. The topological polar surface area (TPSA) is 37.3 Å². The molecule has 0 amide bonds. The number of aryl methyl sites for hydroxylation is 1. The second-order valence-electron chi connectivity index (χ2n) is 4.74. The highest BCUT2D eigenvalue weighted by Crippen LogP contribution is 2.37. The van der Waals surface area contributed by atoms with E-state index in [0.717, 1.165) is 17.7 Å². The van der Waals surface area contributed by atoms with E-state index in [0.29, 0.717) is 5.92 Å². The summed E-state index contributed by atoms with van der Waals surface area (Å²) in [4.78, 5) is 12.4. The van der Waals surface area contributed by atoms with Crippen molar-refractivity contribution in [2.75, 3.05) is 0 Å². The van der Waals surface area contributed by atoms with Crippen molar-refractivity contribution in [2.45, 2.75) is 42.8 Å². The van der Waals surface area contributed by atoms with Gasteiger partial charge in [0.2, 0.25) is 0 Å². The molecule has 0 saturated heterocycles. The average molecular weight is 250 g/mol. The minimum atomic E-state index is -0.664. The van der Waals surface area contributed by atoms with Gasteiger partial charge < -0.3 is 5.11 Å². The van der Waals surface area contributed by atoms with Crippen molar-refractivity contribution in [3.63, 3.8) is 0 Å². The molecule has 1 aromatic rings. The van der Waals surface area contributed by atoms with Gasteiger partial charge in [-0.1, -0.05) is 30.5 Å². The Hall–Kier alpha value is -0.960. The first kappa shape index (κ1) is 12.5. The molecule has 92 valence electrons. The highest BCUT2D eigenvalue weighted by Gasteiger charge is 2.31. The molecule has 1 aromatic carbocycles. The van der Waals surface area contributed by atoms with Gasteiger partial charge in [0.1, 0.15) is 5.25 Å². The van der Waals surface area contributed by atoms with Gasteiger partial charge in [0.15, 0.2) is 0 Å². The van der Waals surface area contributed by atoms with Crippen molar-refractivity contribution >= 4 is 17.7 Å². The van der Waals surface area contributed by atoms with Gasteiger partial charge in [-0.05, 0) is 37.8 Å². The fourth-order valence-electron chi connectivity index (χ4n) is 2.44. The quantitative estimate of drug-likeness (QED) is 0.827. The van der Waals surface area contributed by atoms with Crippen LogP contribution in [0.5, 0.6) is 0 Å². The number of carboxylic acid groups (broad SMARTS) is 1. The van der Waals surface area contributed by atoms with Gasteiger partial charge in [-0.3, -0.25) is 4.79 Å². The molecular weight excluding hydrogens is 232 g/mol. The number of carbonyl (C=O) groups is 1. The molecule has 1 aliphatic rings. The maximum Gasteiger partial charge on any atom is 0.317 e. The first-order valence-electron chi connectivity index (χ1n) is 6.13. The second kappa shape index (κ2) is 5.58. The zero-order valence-corrected chi connectivity index (χ0v) is 10.9. The molecule has 1 fully saturated rings. The Bertz CT molecular complexity index is 397. The molecule has 0 spiro atoms. The van der Waals surface area contributed by atoms with Gasteiger partial charge in [0.25, 0.3) is 0 Å². The third-order valence-electron chi connectivity index (χ3n) is 3.32. The number of thioether (sulfide) groups is 1. The number of carboxylic acids is 1.